The minimum Gasteiger partial charge on any atom is -0.468 e. The molecule has 1 N–H and O–H groups in total. The van der Waals surface area contributed by atoms with Gasteiger partial charge in [-0.15, -0.1) is 0 Å². The van der Waals surface area contributed by atoms with Crippen LogP contribution in [-0.2, 0) is 28.6 Å². The summed E-state index contributed by atoms with van der Waals surface area (Å²) in [4.78, 5) is 36.5. The molecule has 0 aliphatic carbocycles. The number of esters is 3. The van der Waals surface area contributed by atoms with Gasteiger partial charge in [0.2, 0.25) is 0 Å². The molecular weight excluding hydrogens is 352 g/mol. The first kappa shape index (κ1) is 21.9. The van der Waals surface area contributed by atoms with Crippen molar-refractivity contribution in [2.45, 2.75) is 12.8 Å². The van der Waals surface area contributed by atoms with Crippen LogP contribution in [0.2, 0.25) is 0 Å². The maximum absolute atomic E-state index is 12.4. The largest absolute Gasteiger partial charge is 0.468 e. The Balaban J connectivity index is 3.27. The number of rotatable bonds is 7. The fourth-order valence-electron chi connectivity index (χ4n) is 2.32. The highest BCUT2D eigenvalue weighted by Crippen LogP contribution is 2.31. The summed E-state index contributed by atoms with van der Waals surface area (Å²) in [5.41, 5.74) is -1.16. The molecule has 144 valence electrons. The number of aliphatic hydroxyl groups is 1. The standard InChI is InChI=1S/C20H22O7/c1-25-17(22)16(14-21)11-13-20(18(23)26-2,19(24)27-3)12-7-10-15-8-5-4-6-9-15/h4-6,8-9,11,21H,12-14H2,1-3H3/b16-11-. The smallest absolute Gasteiger partial charge is 0.335 e. The average molecular weight is 374 g/mol. The normalized spacial score (nSPS) is 11.0. The number of hydrogen-bond donors (Lipinski definition) is 1. The van der Waals surface area contributed by atoms with Gasteiger partial charge in [-0.05, 0) is 18.6 Å². The van der Waals surface area contributed by atoms with Crippen LogP contribution < -0.4 is 0 Å². The fourth-order valence-corrected chi connectivity index (χ4v) is 2.32. The van der Waals surface area contributed by atoms with Gasteiger partial charge in [-0.2, -0.15) is 0 Å². The van der Waals surface area contributed by atoms with E-state index in [-0.39, 0.29) is 18.4 Å². The molecule has 27 heavy (non-hydrogen) atoms. The van der Waals surface area contributed by atoms with E-state index in [1.54, 1.807) is 12.1 Å². The molecular formula is C20H22O7. The lowest BCUT2D eigenvalue weighted by Gasteiger charge is -2.25. The maximum Gasteiger partial charge on any atom is 0.335 e. The fraction of sp³-hybridized carbons (Fsp3) is 0.350. The predicted octanol–water partition coefficient (Wildman–Crippen LogP) is 1.24. The maximum atomic E-state index is 12.4. The van der Waals surface area contributed by atoms with Crippen LogP contribution in [0, 0.1) is 17.3 Å². The first-order valence-electron chi connectivity index (χ1n) is 8.04. The van der Waals surface area contributed by atoms with E-state index in [1.165, 1.54) is 6.08 Å². The second kappa shape index (κ2) is 10.8. The minimum absolute atomic E-state index is 0.0919. The SMILES string of the molecule is COC(=O)/C(=C\CC(CC#Cc1ccccc1)(C(=O)OC)C(=O)OC)CO. The lowest BCUT2D eigenvalue weighted by atomic mass is 9.80. The van der Waals surface area contributed by atoms with Crippen LogP contribution in [0.25, 0.3) is 0 Å². The van der Waals surface area contributed by atoms with Gasteiger partial charge < -0.3 is 19.3 Å². The number of carbonyl (C=O) groups is 3. The van der Waals surface area contributed by atoms with E-state index >= 15 is 0 Å². The second-order valence-corrected chi connectivity index (χ2v) is 5.49. The first-order chi connectivity index (χ1) is 12.9. The molecule has 7 heteroatoms. The Morgan fingerprint density at radius 1 is 1.04 bits per heavy atom. The molecule has 0 atom stereocenters. The van der Waals surface area contributed by atoms with E-state index in [0.29, 0.717) is 5.56 Å². The van der Waals surface area contributed by atoms with Crippen LogP contribution in [0.4, 0.5) is 0 Å². The van der Waals surface area contributed by atoms with Gasteiger partial charge in [0.25, 0.3) is 0 Å². The lowest BCUT2D eigenvalue weighted by Crippen LogP contribution is -2.41. The highest BCUT2D eigenvalue weighted by atomic mass is 16.5. The summed E-state index contributed by atoms with van der Waals surface area (Å²) < 4.78 is 14.1. The number of benzene rings is 1. The van der Waals surface area contributed by atoms with E-state index in [1.807, 2.05) is 18.2 Å². The third-order valence-corrected chi connectivity index (χ3v) is 3.86. The number of methoxy groups -OCH3 is 3. The first-order valence-corrected chi connectivity index (χ1v) is 8.04. The van der Waals surface area contributed by atoms with Gasteiger partial charge in [-0.25, -0.2) is 4.79 Å². The number of ether oxygens (including phenoxy) is 3. The number of aliphatic hydroxyl groups excluding tert-OH is 1. The summed E-state index contributed by atoms with van der Waals surface area (Å²) in [5, 5.41) is 9.31. The zero-order chi connectivity index (χ0) is 20.3. The van der Waals surface area contributed by atoms with Crippen LogP contribution in [0.15, 0.2) is 42.0 Å². The molecule has 0 saturated carbocycles. The van der Waals surface area contributed by atoms with Crippen LogP contribution in [0.5, 0.6) is 0 Å². The molecule has 0 bridgehead atoms. The van der Waals surface area contributed by atoms with Crippen molar-refractivity contribution < 1.29 is 33.7 Å². The van der Waals surface area contributed by atoms with E-state index < -0.39 is 29.9 Å². The molecule has 1 aromatic rings. The van der Waals surface area contributed by atoms with Crippen molar-refractivity contribution in [3.05, 3.63) is 47.5 Å². The van der Waals surface area contributed by atoms with Crippen LogP contribution >= 0.6 is 0 Å². The van der Waals surface area contributed by atoms with Crippen molar-refractivity contribution in [2.75, 3.05) is 27.9 Å². The minimum atomic E-state index is -1.78. The van der Waals surface area contributed by atoms with Crippen LogP contribution in [0.3, 0.4) is 0 Å². The van der Waals surface area contributed by atoms with Gasteiger partial charge in [0.15, 0.2) is 5.41 Å². The van der Waals surface area contributed by atoms with Gasteiger partial charge in [-0.1, -0.05) is 36.1 Å². The molecule has 0 spiro atoms. The van der Waals surface area contributed by atoms with Gasteiger partial charge in [-0.3, -0.25) is 9.59 Å². The highest BCUT2D eigenvalue weighted by molar-refractivity contribution is 6.01. The lowest BCUT2D eigenvalue weighted by molar-refractivity contribution is -0.168. The quantitative estimate of drug-likeness (QED) is 0.252. The predicted molar refractivity (Wildman–Crippen MR) is 96.2 cm³/mol. The number of hydrogen-bond acceptors (Lipinski definition) is 7. The molecule has 0 saturated heterocycles. The topological polar surface area (TPSA) is 99.1 Å². The molecule has 0 fully saturated rings. The monoisotopic (exact) mass is 374 g/mol. The number of allylic oxidation sites excluding steroid dienone is 1. The zero-order valence-electron chi connectivity index (χ0n) is 15.5. The van der Waals surface area contributed by atoms with E-state index in [4.69, 9.17) is 9.47 Å². The molecule has 0 heterocycles. The molecule has 0 unspecified atom stereocenters. The molecule has 0 aromatic heterocycles. The zero-order valence-corrected chi connectivity index (χ0v) is 15.5. The van der Waals surface area contributed by atoms with Gasteiger partial charge in [0.1, 0.15) is 0 Å². The van der Waals surface area contributed by atoms with Gasteiger partial charge >= 0.3 is 17.9 Å². The van der Waals surface area contributed by atoms with Crippen LogP contribution in [0.1, 0.15) is 18.4 Å². The van der Waals surface area contributed by atoms with Crippen molar-refractivity contribution in [2.24, 2.45) is 5.41 Å². The average Bonchev–Trinajstić information content (AvgIpc) is 2.72. The highest BCUT2D eigenvalue weighted by Gasteiger charge is 2.47. The summed E-state index contributed by atoms with van der Waals surface area (Å²) in [7, 11) is 3.44. The molecule has 1 aromatic carbocycles. The van der Waals surface area contributed by atoms with Crippen molar-refractivity contribution in [1.82, 2.24) is 0 Å². The van der Waals surface area contributed by atoms with Gasteiger partial charge in [0.05, 0.1) is 33.5 Å². The Kier molecular flexibility index (Phi) is 8.76. The van der Waals surface area contributed by atoms with E-state index in [0.717, 1.165) is 21.3 Å². The summed E-state index contributed by atoms with van der Waals surface area (Å²) >= 11 is 0. The van der Waals surface area contributed by atoms with Crippen molar-refractivity contribution in [3.8, 4) is 11.8 Å². The molecule has 1 rings (SSSR count). The third kappa shape index (κ3) is 5.69. The third-order valence-electron chi connectivity index (χ3n) is 3.86. The molecule has 0 aliphatic rings. The molecule has 7 nitrogen and oxygen atoms in total. The van der Waals surface area contributed by atoms with Crippen molar-refractivity contribution in [3.63, 3.8) is 0 Å². The Labute approximate surface area is 157 Å². The Hall–Kier alpha value is -3.11. The summed E-state index contributed by atoms with van der Waals surface area (Å²) in [6.07, 6.45) is 0.808. The number of carbonyl (C=O) groups excluding carboxylic acids is 3. The van der Waals surface area contributed by atoms with Crippen molar-refractivity contribution in [1.29, 1.82) is 0 Å². The summed E-state index contributed by atoms with van der Waals surface area (Å²) in [5.74, 6) is 3.19. The summed E-state index contributed by atoms with van der Waals surface area (Å²) in [6, 6.07) is 9.03. The Morgan fingerprint density at radius 2 is 1.63 bits per heavy atom. The van der Waals surface area contributed by atoms with E-state index in [2.05, 4.69) is 16.6 Å². The summed E-state index contributed by atoms with van der Waals surface area (Å²) in [6.45, 7) is -0.610. The Bertz CT molecular complexity index is 738. The van der Waals surface area contributed by atoms with Crippen molar-refractivity contribution >= 4 is 17.9 Å². The van der Waals surface area contributed by atoms with Gasteiger partial charge in [0, 0.05) is 12.0 Å². The molecule has 0 amide bonds. The molecule has 0 aliphatic heterocycles. The Morgan fingerprint density at radius 3 is 2.11 bits per heavy atom. The van der Waals surface area contributed by atoms with Crippen LogP contribution in [-0.4, -0.2) is 51.0 Å². The second-order valence-electron chi connectivity index (χ2n) is 5.49. The van der Waals surface area contributed by atoms with E-state index in [9.17, 15) is 19.5 Å². The molecule has 0 radical (unpaired) electrons.